The first kappa shape index (κ1) is 23.3. The van der Waals surface area contributed by atoms with Gasteiger partial charge in [0.25, 0.3) is 16.1 Å². The SMILES string of the molecule is CCCCc1c(C)nc(-n2[nH]c(C)c(N=Nc3ccc(S(=O)(=O)O)cc3)c2=O)nc1OC. The van der Waals surface area contributed by atoms with Crippen molar-refractivity contribution in [3.8, 4) is 11.8 Å². The van der Waals surface area contributed by atoms with Gasteiger partial charge in [-0.1, -0.05) is 13.3 Å². The largest absolute Gasteiger partial charge is 0.481 e. The summed E-state index contributed by atoms with van der Waals surface area (Å²) in [4.78, 5) is 21.5. The van der Waals surface area contributed by atoms with Crippen molar-refractivity contribution in [1.82, 2.24) is 19.7 Å². The number of nitrogens with one attached hydrogen (secondary N) is 1. The van der Waals surface area contributed by atoms with Crippen LogP contribution in [0.25, 0.3) is 5.95 Å². The lowest BCUT2D eigenvalue weighted by molar-refractivity contribution is 0.388. The Labute approximate surface area is 184 Å². The topological polar surface area (TPSA) is 152 Å². The zero-order valence-electron chi connectivity index (χ0n) is 18.2. The second kappa shape index (κ2) is 9.40. The average molecular weight is 461 g/mol. The summed E-state index contributed by atoms with van der Waals surface area (Å²) < 4.78 is 37.9. The second-order valence-corrected chi connectivity index (χ2v) is 8.52. The number of hydrogen-bond acceptors (Lipinski definition) is 8. The molecular formula is C20H24N6O5S. The smallest absolute Gasteiger partial charge is 0.301 e. The Kier molecular flexibility index (Phi) is 6.84. The fourth-order valence-corrected chi connectivity index (χ4v) is 3.53. The minimum Gasteiger partial charge on any atom is -0.481 e. The molecule has 11 nitrogen and oxygen atoms in total. The van der Waals surface area contributed by atoms with E-state index in [2.05, 4.69) is 32.2 Å². The highest BCUT2D eigenvalue weighted by molar-refractivity contribution is 7.85. The number of nitrogens with zero attached hydrogens (tertiary/aromatic N) is 5. The van der Waals surface area contributed by atoms with Crippen LogP contribution in [0.3, 0.4) is 0 Å². The maximum atomic E-state index is 12.9. The van der Waals surface area contributed by atoms with Gasteiger partial charge in [-0.15, -0.1) is 5.11 Å². The lowest BCUT2D eigenvalue weighted by Crippen LogP contribution is -2.18. The van der Waals surface area contributed by atoms with E-state index in [9.17, 15) is 13.2 Å². The molecule has 3 rings (SSSR count). The zero-order chi connectivity index (χ0) is 23.5. The van der Waals surface area contributed by atoms with Crippen LogP contribution in [-0.4, -0.2) is 39.8 Å². The first-order chi connectivity index (χ1) is 15.2. The monoisotopic (exact) mass is 460 g/mol. The summed E-state index contributed by atoms with van der Waals surface area (Å²) in [5.41, 5.74) is 1.94. The van der Waals surface area contributed by atoms with E-state index in [0.29, 0.717) is 17.3 Å². The highest BCUT2D eigenvalue weighted by atomic mass is 32.2. The number of aryl methyl sites for hydroxylation is 2. The summed E-state index contributed by atoms with van der Waals surface area (Å²) in [7, 11) is -2.78. The van der Waals surface area contributed by atoms with Gasteiger partial charge >= 0.3 is 5.56 Å². The van der Waals surface area contributed by atoms with Crippen LogP contribution in [0.1, 0.15) is 36.7 Å². The Morgan fingerprint density at radius 2 is 1.84 bits per heavy atom. The number of azo groups is 1. The molecule has 0 aliphatic carbocycles. The molecule has 0 saturated heterocycles. The van der Waals surface area contributed by atoms with E-state index in [0.717, 1.165) is 30.5 Å². The lowest BCUT2D eigenvalue weighted by atomic mass is 10.1. The van der Waals surface area contributed by atoms with E-state index in [4.69, 9.17) is 9.29 Å². The van der Waals surface area contributed by atoms with Crippen molar-refractivity contribution in [1.29, 1.82) is 0 Å². The van der Waals surface area contributed by atoms with Gasteiger partial charge in [0.05, 0.1) is 23.4 Å². The van der Waals surface area contributed by atoms with Crippen LogP contribution < -0.4 is 10.3 Å². The number of methoxy groups -OCH3 is 1. The fraction of sp³-hybridized carbons (Fsp3) is 0.350. The molecule has 0 saturated carbocycles. The Morgan fingerprint density at radius 3 is 2.44 bits per heavy atom. The maximum absolute atomic E-state index is 12.9. The summed E-state index contributed by atoms with van der Waals surface area (Å²) in [6.07, 6.45) is 2.77. The van der Waals surface area contributed by atoms with Crippen molar-refractivity contribution in [3.63, 3.8) is 0 Å². The quantitative estimate of drug-likeness (QED) is 0.385. The average Bonchev–Trinajstić information content (AvgIpc) is 3.04. The number of benzene rings is 1. The van der Waals surface area contributed by atoms with E-state index in [1.54, 1.807) is 6.92 Å². The van der Waals surface area contributed by atoms with E-state index in [1.807, 2.05) is 6.92 Å². The third-order valence-corrected chi connectivity index (χ3v) is 5.65. The van der Waals surface area contributed by atoms with Crippen LogP contribution in [0.2, 0.25) is 0 Å². The predicted octanol–water partition coefficient (Wildman–Crippen LogP) is 3.59. The van der Waals surface area contributed by atoms with Crippen molar-refractivity contribution in [2.24, 2.45) is 10.2 Å². The molecule has 0 aliphatic rings. The van der Waals surface area contributed by atoms with E-state index in [1.165, 1.54) is 36.1 Å². The normalized spacial score (nSPS) is 11.9. The van der Waals surface area contributed by atoms with Crippen molar-refractivity contribution in [2.75, 3.05) is 7.11 Å². The number of aromatic nitrogens is 4. The van der Waals surface area contributed by atoms with Crippen molar-refractivity contribution in [3.05, 3.63) is 51.6 Å². The van der Waals surface area contributed by atoms with Gasteiger partial charge in [0.1, 0.15) is 0 Å². The van der Waals surface area contributed by atoms with Gasteiger partial charge in [-0.3, -0.25) is 14.4 Å². The van der Waals surface area contributed by atoms with E-state index < -0.39 is 15.7 Å². The first-order valence-electron chi connectivity index (χ1n) is 9.88. The second-order valence-electron chi connectivity index (χ2n) is 7.10. The number of unbranched alkanes of at least 4 members (excludes halogenated alkanes) is 1. The first-order valence-corrected chi connectivity index (χ1v) is 11.3. The van der Waals surface area contributed by atoms with Crippen LogP contribution in [0.4, 0.5) is 11.4 Å². The van der Waals surface area contributed by atoms with Gasteiger partial charge in [-0.05, 0) is 51.0 Å². The molecule has 32 heavy (non-hydrogen) atoms. The van der Waals surface area contributed by atoms with Gasteiger partial charge < -0.3 is 4.74 Å². The maximum Gasteiger partial charge on any atom is 0.301 e. The Morgan fingerprint density at radius 1 is 1.16 bits per heavy atom. The summed E-state index contributed by atoms with van der Waals surface area (Å²) in [5.74, 6) is 0.550. The molecule has 170 valence electrons. The summed E-state index contributed by atoms with van der Waals surface area (Å²) >= 11 is 0. The van der Waals surface area contributed by atoms with Crippen LogP contribution in [0.15, 0.2) is 44.2 Å². The number of aromatic amines is 1. The molecule has 0 radical (unpaired) electrons. The Bertz CT molecular complexity index is 1310. The van der Waals surface area contributed by atoms with Gasteiger partial charge in [-0.2, -0.15) is 23.2 Å². The van der Waals surface area contributed by atoms with Crippen molar-refractivity contribution < 1.29 is 17.7 Å². The predicted molar refractivity (Wildman–Crippen MR) is 117 cm³/mol. The summed E-state index contributed by atoms with van der Waals surface area (Å²) in [5, 5.41) is 10.9. The van der Waals surface area contributed by atoms with Crippen molar-refractivity contribution in [2.45, 2.75) is 44.9 Å². The number of ether oxygens (including phenoxy) is 1. The minimum absolute atomic E-state index is 0.0548. The van der Waals surface area contributed by atoms with Crippen LogP contribution in [-0.2, 0) is 16.5 Å². The highest BCUT2D eigenvalue weighted by Gasteiger charge is 2.18. The molecule has 3 aromatic rings. The van der Waals surface area contributed by atoms with E-state index >= 15 is 0 Å². The minimum atomic E-state index is -4.30. The summed E-state index contributed by atoms with van der Waals surface area (Å²) in [6, 6.07) is 5.10. The third-order valence-electron chi connectivity index (χ3n) is 4.78. The van der Waals surface area contributed by atoms with Crippen molar-refractivity contribution >= 4 is 21.5 Å². The van der Waals surface area contributed by atoms with Crippen LogP contribution in [0.5, 0.6) is 5.88 Å². The molecule has 2 heterocycles. The molecule has 0 bridgehead atoms. The molecule has 0 fully saturated rings. The molecule has 0 aliphatic heterocycles. The fourth-order valence-electron chi connectivity index (χ4n) is 3.05. The van der Waals surface area contributed by atoms with Gasteiger partial charge in [0.15, 0.2) is 5.69 Å². The molecule has 0 atom stereocenters. The van der Waals surface area contributed by atoms with E-state index in [-0.39, 0.29) is 16.5 Å². The highest BCUT2D eigenvalue weighted by Crippen LogP contribution is 2.23. The summed E-state index contributed by atoms with van der Waals surface area (Å²) in [6.45, 7) is 5.60. The molecule has 12 heteroatoms. The molecular weight excluding hydrogens is 436 g/mol. The standard InChI is InChI=1S/C20H24N6O5S/c1-5-6-7-16-12(2)21-20(22-18(16)31-4)26-19(27)17(13(3)25-26)24-23-14-8-10-15(11-9-14)32(28,29)30/h8-11,25H,5-7H2,1-4H3,(H,28,29,30). The van der Waals surface area contributed by atoms with Gasteiger partial charge in [0.2, 0.25) is 5.88 Å². The third kappa shape index (κ3) is 4.92. The molecule has 2 aromatic heterocycles. The van der Waals surface area contributed by atoms with Gasteiger partial charge in [0, 0.05) is 11.3 Å². The molecule has 2 N–H and O–H groups in total. The zero-order valence-corrected chi connectivity index (χ0v) is 19.0. The molecule has 0 unspecified atom stereocenters. The molecule has 0 amide bonds. The van der Waals surface area contributed by atoms with Gasteiger partial charge in [-0.25, -0.2) is 4.98 Å². The lowest BCUT2D eigenvalue weighted by Gasteiger charge is -2.11. The number of rotatable bonds is 8. The number of hydrogen-bond donors (Lipinski definition) is 2. The van der Waals surface area contributed by atoms with Crippen LogP contribution >= 0.6 is 0 Å². The molecule has 0 spiro atoms. The Hall–Kier alpha value is -3.38. The number of H-pyrrole nitrogens is 1. The van der Waals surface area contributed by atoms with Crippen LogP contribution in [0, 0.1) is 13.8 Å². The molecule has 1 aromatic carbocycles. The Balaban J connectivity index is 1.95.